The Morgan fingerprint density at radius 3 is 1.84 bits per heavy atom. The molecular formula is C11H28NO5Si2. The summed E-state index contributed by atoms with van der Waals surface area (Å²) in [5.41, 5.74) is 0. The predicted octanol–water partition coefficient (Wildman–Crippen LogP) is 1.02. The van der Waals surface area contributed by atoms with Gasteiger partial charge >= 0.3 is 18.1 Å². The lowest BCUT2D eigenvalue weighted by atomic mass is 10.4. The second-order valence-corrected chi connectivity index (χ2v) is 9.18. The van der Waals surface area contributed by atoms with Gasteiger partial charge in [0.2, 0.25) is 0 Å². The minimum atomic E-state index is -2.39. The molecule has 0 aromatic rings. The zero-order chi connectivity index (χ0) is 14.6. The molecule has 8 heteroatoms. The first kappa shape index (κ1) is 19.2. The zero-order valence-corrected chi connectivity index (χ0v) is 14.8. The van der Waals surface area contributed by atoms with Crippen LogP contribution in [0.4, 0.5) is 0 Å². The Kier molecular flexibility index (Phi) is 12.1. The Labute approximate surface area is 119 Å². The van der Waals surface area contributed by atoms with E-state index >= 15 is 0 Å². The minimum Gasteiger partial charge on any atom is -0.397 e. The van der Waals surface area contributed by atoms with E-state index in [0.29, 0.717) is 0 Å². The number of nitrogens with one attached hydrogen (secondary N) is 1. The average molecular weight is 311 g/mol. The summed E-state index contributed by atoms with van der Waals surface area (Å²) in [6.45, 7) is 1.91. The van der Waals surface area contributed by atoms with E-state index in [-0.39, 0.29) is 0 Å². The zero-order valence-electron chi connectivity index (χ0n) is 12.8. The molecule has 0 amide bonds. The highest BCUT2D eigenvalue weighted by Crippen LogP contribution is 2.14. The van der Waals surface area contributed by atoms with Crippen LogP contribution in [0.3, 0.4) is 0 Å². The van der Waals surface area contributed by atoms with Crippen molar-refractivity contribution in [3.8, 4) is 0 Å². The quantitative estimate of drug-likeness (QED) is 0.405. The van der Waals surface area contributed by atoms with Crippen LogP contribution in [0, 0.1) is 0 Å². The normalized spacial score (nSPS) is 12.3. The van der Waals surface area contributed by atoms with Crippen molar-refractivity contribution in [2.45, 2.75) is 24.9 Å². The summed E-state index contributed by atoms with van der Waals surface area (Å²) < 4.78 is 26.5. The van der Waals surface area contributed by atoms with Gasteiger partial charge in [0.25, 0.3) is 0 Å². The third-order valence-electron chi connectivity index (χ3n) is 2.96. The largest absolute Gasteiger partial charge is 0.500 e. The van der Waals surface area contributed by atoms with Gasteiger partial charge in [-0.1, -0.05) is 0 Å². The molecule has 0 heterocycles. The van der Waals surface area contributed by atoms with Crippen molar-refractivity contribution in [1.29, 1.82) is 0 Å². The molecule has 0 saturated carbocycles. The van der Waals surface area contributed by atoms with Gasteiger partial charge in [0, 0.05) is 41.6 Å². The molecule has 0 aromatic carbocycles. The molecule has 0 saturated heterocycles. The van der Waals surface area contributed by atoms with E-state index in [4.69, 9.17) is 22.1 Å². The average Bonchev–Trinajstić information content (AvgIpc) is 2.47. The predicted molar refractivity (Wildman–Crippen MR) is 78.3 cm³/mol. The molecule has 1 radical (unpaired) electrons. The van der Waals surface area contributed by atoms with Crippen molar-refractivity contribution in [1.82, 2.24) is 5.32 Å². The summed E-state index contributed by atoms with van der Waals surface area (Å²) in [7, 11) is 4.91. The number of hydrogen-bond donors (Lipinski definition) is 1. The summed E-state index contributed by atoms with van der Waals surface area (Å²) in [6, 6.07) is 1.83. The summed E-state index contributed by atoms with van der Waals surface area (Å²) in [6.07, 6.45) is 2.05. The molecule has 6 nitrogen and oxygen atoms in total. The topological polar surface area (TPSA) is 58.2 Å². The van der Waals surface area contributed by atoms with E-state index in [1.54, 1.807) is 35.5 Å². The SMILES string of the molecule is CO[Si](CCCNCCC[Si](OC)(OC)OC)OC. The van der Waals surface area contributed by atoms with Gasteiger partial charge in [0.15, 0.2) is 0 Å². The fourth-order valence-electron chi connectivity index (χ4n) is 1.76. The lowest BCUT2D eigenvalue weighted by Gasteiger charge is -2.24. The summed E-state index contributed by atoms with van der Waals surface area (Å²) >= 11 is 0. The van der Waals surface area contributed by atoms with Crippen LogP contribution < -0.4 is 5.32 Å². The van der Waals surface area contributed by atoms with Crippen LogP contribution >= 0.6 is 0 Å². The molecule has 1 N–H and O–H groups in total. The first-order valence-corrected chi connectivity index (χ1v) is 9.93. The molecule has 0 aliphatic heterocycles. The van der Waals surface area contributed by atoms with Crippen LogP contribution in [0.1, 0.15) is 12.8 Å². The lowest BCUT2D eigenvalue weighted by Crippen LogP contribution is -2.43. The monoisotopic (exact) mass is 310 g/mol. The van der Waals surface area contributed by atoms with Gasteiger partial charge in [0.1, 0.15) is 0 Å². The Hall–Kier alpha value is 0.194. The van der Waals surface area contributed by atoms with Gasteiger partial charge in [-0.15, -0.1) is 0 Å². The first-order valence-electron chi connectivity index (χ1n) is 6.48. The highest BCUT2D eigenvalue weighted by atomic mass is 28.4. The lowest BCUT2D eigenvalue weighted by molar-refractivity contribution is 0.123. The molecule has 0 atom stereocenters. The van der Waals surface area contributed by atoms with Crippen molar-refractivity contribution >= 4 is 18.1 Å². The van der Waals surface area contributed by atoms with Gasteiger partial charge in [-0.3, -0.25) is 0 Å². The fourth-order valence-corrected chi connectivity index (χ4v) is 4.52. The van der Waals surface area contributed by atoms with Crippen LogP contribution in [-0.4, -0.2) is 66.7 Å². The second kappa shape index (κ2) is 12.0. The molecule has 115 valence electrons. The highest BCUT2D eigenvalue weighted by molar-refractivity contribution is 6.60. The minimum absolute atomic E-state index is 0.828. The third-order valence-corrected chi connectivity index (χ3v) is 7.46. The van der Waals surface area contributed by atoms with Gasteiger partial charge in [-0.25, -0.2) is 0 Å². The van der Waals surface area contributed by atoms with Crippen LogP contribution in [0.25, 0.3) is 0 Å². The Morgan fingerprint density at radius 2 is 1.37 bits per heavy atom. The Balaban J connectivity index is 3.54. The Bertz CT molecular complexity index is 195. The molecule has 0 unspecified atom stereocenters. The van der Waals surface area contributed by atoms with E-state index in [9.17, 15) is 0 Å². The molecule has 0 rings (SSSR count). The standard InChI is InChI=1S/C11H28NO5Si2/c1-13-18(14-2)10-6-8-12-9-7-11-19(15-3,16-4)17-5/h12H,6-11H2,1-5H3. The summed E-state index contributed by atoms with van der Waals surface area (Å²) in [5, 5.41) is 3.39. The smallest absolute Gasteiger partial charge is 0.397 e. The van der Waals surface area contributed by atoms with Gasteiger partial charge in [0.05, 0.1) is 0 Å². The van der Waals surface area contributed by atoms with Crippen molar-refractivity contribution in [3.05, 3.63) is 0 Å². The van der Waals surface area contributed by atoms with Crippen molar-refractivity contribution in [2.24, 2.45) is 0 Å². The van der Waals surface area contributed by atoms with Crippen LogP contribution in [0.5, 0.6) is 0 Å². The fraction of sp³-hybridized carbons (Fsp3) is 1.00. The molecule has 19 heavy (non-hydrogen) atoms. The van der Waals surface area contributed by atoms with Crippen molar-refractivity contribution < 1.29 is 22.1 Å². The molecule has 0 bridgehead atoms. The third kappa shape index (κ3) is 8.15. The van der Waals surface area contributed by atoms with Gasteiger partial charge in [-0.2, -0.15) is 0 Å². The van der Waals surface area contributed by atoms with E-state index in [1.165, 1.54) is 0 Å². The molecule has 0 fully saturated rings. The summed E-state index contributed by atoms with van der Waals surface area (Å²) in [4.78, 5) is 0. The van der Waals surface area contributed by atoms with Crippen LogP contribution in [-0.2, 0) is 22.1 Å². The van der Waals surface area contributed by atoms with E-state index in [0.717, 1.165) is 38.0 Å². The Morgan fingerprint density at radius 1 is 0.842 bits per heavy atom. The maximum atomic E-state index is 5.36. The van der Waals surface area contributed by atoms with E-state index in [1.807, 2.05) is 0 Å². The van der Waals surface area contributed by atoms with Crippen molar-refractivity contribution in [2.75, 3.05) is 48.6 Å². The van der Waals surface area contributed by atoms with Gasteiger partial charge < -0.3 is 27.4 Å². The van der Waals surface area contributed by atoms with E-state index < -0.39 is 18.1 Å². The molecule has 0 aliphatic rings. The molecule has 0 aliphatic carbocycles. The van der Waals surface area contributed by atoms with Crippen LogP contribution in [0.2, 0.25) is 12.1 Å². The van der Waals surface area contributed by atoms with Crippen LogP contribution in [0.15, 0.2) is 0 Å². The molecule has 0 aromatic heterocycles. The van der Waals surface area contributed by atoms with Gasteiger partial charge in [-0.05, 0) is 32.0 Å². The number of hydrogen-bond acceptors (Lipinski definition) is 6. The molecule has 0 spiro atoms. The maximum absolute atomic E-state index is 5.36. The van der Waals surface area contributed by atoms with E-state index in [2.05, 4.69) is 5.32 Å². The molecular weight excluding hydrogens is 282 g/mol. The summed E-state index contributed by atoms with van der Waals surface area (Å²) in [5.74, 6) is 0. The van der Waals surface area contributed by atoms with Crippen molar-refractivity contribution in [3.63, 3.8) is 0 Å². The highest BCUT2D eigenvalue weighted by Gasteiger charge is 2.36. The number of rotatable bonds is 13. The first-order chi connectivity index (χ1) is 9.17. The maximum Gasteiger partial charge on any atom is 0.500 e. The second-order valence-electron chi connectivity index (χ2n) is 4.03.